The highest BCUT2D eigenvalue weighted by Crippen LogP contribution is 2.32. The molecule has 1 saturated carbocycles. The Bertz CT molecular complexity index is 386. The Morgan fingerprint density at radius 3 is 2.68 bits per heavy atom. The Kier molecular flexibility index (Phi) is 5.52. The molecule has 0 saturated heterocycles. The van der Waals surface area contributed by atoms with Crippen molar-refractivity contribution in [2.45, 2.75) is 51.7 Å². The third-order valence-corrected chi connectivity index (χ3v) is 3.58. The lowest BCUT2D eigenvalue weighted by atomic mass is 10.2. The Hall–Kier alpha value is -1.22. The van der Waals surface area contributed by atoms with Crippen LogP contribution in [0.25, 0.3) is 0 Å². The maximum Gasteiger partial charge on any atom is 0.161 e. The highest BCUT2D eigenvalue weighted by molar-refractivity contribution is 5.43. The lowest BCUT2D eigenvalue weighted by molar-refractivity contribution is 0.200. The Morgan fingerprint density at radius 1 is 1.21 bits per heavy atom. The van der Waals surface area contributed by atoms with Crippen molar-refractivity contribution in [1.29, 1.82) is 0 Å². The molecule has 0 heterocycles. The van der Waals surface area contributed by atoms with Crippen molar-refractivity contribution in [1.82, 2.24) is 5.32 Å². The van der Waals surface area contributed by atoms with Crippen molar-refractivity contribution in [3.63, 3.8) is 0 Å². The number of rotatable bonds is 7. The Morgan fingerprint density at radius 2 is 2.00 bits per heavy atom. The first kappa shape index (κ1) is 14.2. The molecular formula is C16H25NO2. The van der Waals surface area contributed by atoms with Crippen LogP contribution in [-0.2, 0) is 6.54 Å². The number of hydrogen-bond donors (Lipinski definition) is 1. The minimum Gasteiger partial charge on any atom is -0.493 e. The normalized spacial score (nSPS) is 15.7. The summed E-state index contributed by atoms with van der Waals surface area (Å²) in [5, 5.41) is 3.41. The number of benzene rings is 1. The van der Waals surface area contributed by atoms with Crippen molar-refractivity contribution >= 4 is 0 Å². The average molecular weight is 263 g/mol. The van der Waals surface area contributed by atoms with Crippen molar-refractivity contribution in [3.8, 4) is 11.5 Å². The van der Waals surface area contributed by atoms with E-state index < -0.39 is 0 Å². The molecule has 106 valence electrons. The van der Waals surface area contributed by atoms with E-state index in [0.717, 1.165) is 31.0 Å². The topological polar surface area (TPSA) is 30.5 Å². The van der Waals surface area contributed by atoms with Crippen LogP contribution in [0.15, 0.2) is 18.2 Å². The third kappa shape index (κ3) is 4.13. The maximum absolute atomic E-state index is 6.09. The van der Waals surface area contributed by atoms with Gasteiger partial charge in [-0.15, -0.1) is 0 Å². The van der Waals surface area contributed by atoms with Crippen LogP contribution in [-0.4, -0.2) is 19.8 Å². The van der Waals surface area contributed by atoms with Crippen LogP contribution in [0.5, 0.6) is 11.5 Å². The average Bonchev–Trinajstić information content (AvgIpc) is 2.92. The van der Waals surface area contributed by atoms with Crippen LogP contribution in [0, 0.1) is 0 Å². The second-order valence-corrected chi connectivity index (χ2v) is 5.19. The van der Waals surface area contributed by atoms with E-state index >= 15 is 0 Å². The molecule has 3 nitrogen and oxygen atoms in total. The summed E-state index contributed by atoms with van der Waals surface area (Å²) in [4.78, 5) is 0. The summed E-state index contributed by atoms with van der Waals surface area (Å²) >= 11 is 0. The number of hydrogen-bond acceptors (Lipinski definition) is 3. The van der Waals surface area contributed by atoms with E-state index in [4.69, 9.17) is 9.47 Å². The van der Waals surface area contributed by atoms with E-state index in [0.29, 0.717) is 6.10 Å². The van der Waals surface area contributed by atoms with Gasteiger partial charge in [0.25, 0.3) is 0 Å². The molecule has 0 spiro atoms. The van der Waals surface area contributed by atoms with Gasteiger partial charge in [-0.3, -0.25) is 0 Å². The number of nitrogens with one attached hydrogen (secondary N) is 1. The Balaban J connectivity index is 2.02. The molecule has 1 aliphatic rings. The standard InChI is InChI=1S/C16H25NO2/c1-3-10-17-12-13-8-9-15(18-2)16(11-13)19-14-6-4-5-7-14/h8-9,11,14,17H,3-7,10,12H2,1-2H3. The zero-order chi connectivity index (χ0) is 13.5. The van der Waals surface area contributed by atoms with Crippen molar-refractivity contribution in [2.75, 3.05) is 13.7 Å². The lowest BCUT2D eigenvalue weighted by Crippen LogP contribution is -2.15. The quantitative estimate of drug-likeness (QED) is 0.764. The summed E-state index contributed by atoms with van der Waals surface area (Å²) < 4.78 is 11.5. The molecule has 0 atom stereocenters. The molecule has 19 heavy (non-hydrogen) atoms. The molecule has 3 heteroatoms. The molecule has 0 bridgehead atoms. The molecule has 1 aromatic carbocycles. The largest absolute Gasteiger partial charge is 0.493 e. The first-order valence-electron chi connectivity index (χ1n) is 7.37. The van der Waals surface area contributed by atoms with E-state index in [2.05, 4.69) is 24.4 Å². The smallest absolute Gasteiger partial charge is 0.161 e. The number of ether oxygens (including phenoxy) is 2. The second kappa shape index (κ2) is 7.39. The van der Waals surface area contributed by atoms with Gasteiger partial charge in [0.1, 0.15) is 0 Å². The summed E-state index contributed by atoms with van der Waals surface area (Å²) in [6.45, 7) is 4.11. The predicted molar refractivity (Wildman–Crippen MR) is 77.9 cm³/mol. The molecule has 0 aliphatic heterocycles. The van der Waals surface area contributed by atoms with Gasteiger partial charge in [0.2, 0.25) is 0 Å². The van der Waals surface area contributed by atoms with E-state index in [1.54, 1.807) is 7.11 Å². The zero-order valence-corrected chi connectivity index (χ0v) is 12.1. The first-order valence-corrected chi connectivity index (χ1v) is 7.37. The summed E-state index contributed by atoms with van der Waals surface area (Å²) in [7, 11) is 1.70. The van der Waals surface area contributed by atoms with Crippen LogP contribution in [0.2, 0.25) is 0 Å². The van der Waals surface area contributed by atoms with Gasteiger partial charge in [-0.05, 0) is 56.3 Å². The van der Waals surface area contributed by atoms with Crippen LogP contribution in [0.1, 0.15) is 44.6 Å². The molecule has 1 N–H and O–H groups in total. The molecule has 0 unspecified atom stereocenters. The fourth-order valence-electron chi connectivity index (χ4n) is 2.52. The highest BCUT2D eigenvalue weighted by Gasteiger charge is 2.18. The molecular weight excluding hydrogens is 238 g/mol. The van der Waals surface area contributed by atoms with E-state index in [9.17, 15) is 0 Å². The van der Waals surface area contributed by atoms with Crippen LogP contribution in [0.3, 0.4) is 0 Å². The van der Waals surface area contributed by atoms with Gasteiger partial charge >= 0.3 is 0 Å². The third-order valence-electron chi connectivity index (χ3n) is 3.58. The lowest BCUT2D eigenvalue weighted by Gasteiger charge is -2.17. The van der Waals surface area contributed by atoms with Crippen LogP contribution < -0.4 is 14.8 Å². The highest BCUT2D eigenvalue weighted by atomic mass is 16.5. The summed E-state index contributed by atoms with van der Waals surface area (Å²) in [5.41, 5.74) is 1.25. The number of methoxy groups -OCH3 is 1. The van der Waals surface area contributed by atoms with E-state index in [-0.39, 0.29) is 0 Å². The zero-order valence-electron chi connectivity index (χ0n) is 12.1. The van der Waals surface area contributed by atoms with Crippen LogP contribution >= 0.6 is 0 Å². The first-order chi connectivity index (χ1) is 9.33. The molecule has 1 aromatic rings. The van der Waals surface area contributed by atoms with Gasteiger partial charge in [-0.1, -0.05) is 13.0 Å². The van der Waals surface area contributed by atoms with Crippen LogP contribution in [0.4, 0.5) is 0 Å². The van der Waals surface area contributed by atoms with Gasteiger partial charge in [0, 0.05) is 6.54 Å². The second-order valence-electron chi connectivity index (χ2n) is 5.19. The van der Waals surface area contributed by atoms with Gasteiger partial charge < -0.3 is 14.8 Å². The van der Waals surface area contributed by atoms with Gasteiger partial charge in [0.05, 0.1) is 13.2 Å². The van der Waals surface area contributed by atoms with E-state index in [1.165, 1.54) is 31.2 Å². The van der Waals surface area contributed by atoms with Crippen molar-refractivity contribution < 1.29 is 9.47 Å². The fraction of sp³-hybridized carbons (Fsp3) is 0.625. The van der Waals surface area contributed by atoms with Gasteiger partial charge in [0.15, 0.2) is 11.5 Å². The molecule has 1 aliphatic carbocycles. The predicted octanol–water partition coefficient (Wildman–Crippen LogP) is 3.52. The summed E-state index contributed by atoms with van der Waals surface area (Å²) in [5.74, 6) is 1.73. The van der Waals surface area contributed by atoms with Gasteiger partial charge in [-0.25, -0.2) is 0 Å². The molecule has 0 radical (unpaired) electrons. The minimum absolute atomic E-state index is 0.368. The molecule has 2 rings (SSSR count). The van der Waals surface area contributed by atoms with Crippen molar-refractivity contribution in [2.24, 2.45) is 0 Å². The molecule has 0 amide bonds. The maximum atomic E-state index is 6.09. The fourth-order valence-corrected chi connectivity index (χ4v) is 2.52. The summed E-state index contributed by atoms with van der Waals surface area (Å²) in [6.07, 6.45) is 6.42. The monoisotopic (exact) mass is 263 g/mol. The molecule has 1 fully saturated rings. The van der Waals surface area contributed by atoms with Gasteiger partial charge in [-0.2, -0.15) is 0 Å². The SMILES string of the molecule is CCCNCc1ccc(OC)c(OC2CCCC2)c1. The molecule has 0 aromatic heterocycles. The van der Waals surface area contributed by atoms with E-state index in [1.807, 2.05) is 6.07 Å². The Labute approximate surface area is 116 Å². The van der Waals surface area contributed by atoms with Crippen molar-refractivity contribution in [3.05, 3.63) is 23.8 Å². The minimum atomic E-state index is 0.368. The summed E-state index contributed by atoms with van der Waals surface area (Å²) in [6, 6.07) is 6.22.